The molecule has 6 heteroatoms. The number of rotatable bonds is 6. The normalized spacial score (nSPS) is 11.9. The van der Waals surface area contributed by atoms with Crippen molar-refractivity contribution < 1.29 is 4.74 Å². The summed E-state index contributed by atoms with van der Waals surface area (Å²) in [5.41, 5.74) is 1.19. The monoisotopic (exact) mass is 384 g/mol. The third-order valence-electron chi connectivity index (χ3n) is 3.10. The lowest BCUT2D eigenvalue weighted by Gasteiger charge is -2.14. The van der Waals surface area contributed by atoms with Crippen molar-refractivity contribution in [2.24, 2.45) is 0 Å². The summed E-state index contributed by atoms with van der Waals surface area (Å²) in [4.78, 5) is 4.79. The van der Waals surface area contributed by atoms with Gasteiger partial charge in [0, 0.05) is 0 Å². The predicted molar refractivity (Wildman–Crippen MR) is 95.9 cm³/mol. The van der Waals surface area contributed by atoms with Gasteiger partial charge in [0.05, 0.1) is 11.9 Å². The number of aromatic nitrogens is 2. The van der Waals surface area contributed by atoms with Gasteiger partial charge in [-0.15, -0.1) is 0 Å². The second-order valence-corrected chi connectivity index (χ2v) is 12.4. The van der Waals surface area contributed by atoms with E-state index < -0.39 is 8.07 Å². The molecule has 0 amide bonds. The van der Waals surface area contributed by atoms with Crippen LogP contribution >= 0.6 is 27.7 Å². The molecule has 1 aromatic carbocycles. The van der Waals surface area contributed by atoms with Crippen LogP contribution in [0.1, 0.15) is 5.56 Å². The highest BCUT2D eigenvalue weighted by Gasteiger charge is 2.26. The van der Waals surface area contributed by atoms with Crippen LogP contribution in [0.4, 0.5) is 0 Å². The summed E-state index contributed by atoms with van der Waals surface area (Å²) in [5, 5.41) is 2.21. The van der Waals surface area contributed by atoms with E-state index in [1.54, 1.807) is 11.8 Å². The molecule has 0 saturated heterocycles. The average Bonchev–Trinajstić information content (AvgIpc) is 2.77. The SMILES string of the molecule is CSc1nc([Si](C)(C)C)c(Br)n1COCc1ccccc1. The van der Waals surface area contributed by atoms with Crippen molar-refractivity contribution in [3.05, 3.63) is 40.5 Å². The minimum absolute atomic E-state index is 0.517. The minimum Gasteiger partial charge on any atom is -0.356 e. The highest BCUT2D eigenvalue weighted by Crippen LogP contribution is 2.22. The van der Waals surface area contributed by atoms with Crippen molar-refractivity contribution in [3.8, 4) is 0 Å². The summed E-state index contributed by atoms with van der Waals surface area (Å²) in [7, 11) is -1.46. The first-order valence-electron chi connectivity index (χ1n) is 6.85. The quantitative estimate of drug-likeness (QED) is 0.554. The molecule has 0 N–H and O–H groups in total. The van der Waals surface area contributed by atoms with Crippen LogP contribution in [0, 0.1) is 0 Å². The molecule has 0 saturated carbocycles. The van der Waals surface area contributed by atoms with Crippen molar-refractivity contribution >= 4 is 41.1 Å². The van der Waals surface area contributed by atoms with Crippen LogP contribution in [0.2, 0.25) is 19.6 Å². The molecule has 1 heterocycles. The Morgan fingerprint density at radius 2 is 1.90 bits per heavy atom. The number of hydrogen-bond donors (Lipinski definition) is 0. The fourth-order valence-corrected chi connectivity index (χ4v) is 6.07. The van der Waals surface area contributed by atoms with Gasteiger partial charge < -0.3 is 4.74 Å². The smallest absolute Gasteiger partial charge is 0.170 e. The van der Waals surface area contributed by atoms with Crippen LogP contribution in [0.5, 0.6) is 0 Å². The number of hydrogen-bond acceptors (Lipinski definition) is 3. The molecule has 0 aliphatic heterocycles. The van der Waals surface area contributed by atoms with Crippen molar-refractivity contribution in [2.45, 2.75) is 38.1 Å². The fourth-order valence-electron chi connectivity index (χ4n) is 1.99. The fraction of sp³-hybridized carbons (Fsp3) is 0.400. The highest BCUT2D eigenvalue weighted by molar-refractivity contribution is 9.10. The third kappa shape index (κ3) is 4.22. The molecule has 2 aromatic rings. The Morgan fingerprint density at radius 1 is 1.24 bits per heavy atom. The van der Waals surface area contributed by atoms with Gasteiger partial charge in [0.25, 0.3) is 0 Å². The van der Waals surface area contributed by atoms with Gasteiger partial charge in [-0.05, 0) is 27.7 Å². The van der Waals surface area contributed by atoms with E-state index in [1.165, 1.54) is 10.9 Å². The van der Waals surface area contributed by atoms with E-state index in [0.29, 0.717) is 13.3 Å². The van der Waals surface area contributed by atoms with Gasteiger partial charge in [0.1, 0.15) is 19.4 Å². The lowest BCUT2D eigenvalue weighted by atomic mass is 10.2. The second kappa shape index (κ2) is 7.13. The minimum atomic E-state index is -1.46. The molecule has 0 spiro atoms. The Morgan fingerprint density at radius 3 is 2.48 bits per heavy atom. The van der Waals surface area contributed by atoms with Crippen molar-refractivity contribution in [2.75, 3.05) is 6.26 Å². The summed E-state index contributed by atoms with van der Waals surface area (Å²) in [6, 6.07) is 10.2. The Labute approximate surface area is 140 Å². The lowest BCUT2D eigenvalue weighted by molar-refractivity contribution is 0.0573. The Kier molecular flexibility index (Phi) is 5.71. The molecular weight excluding hydrogens is 364 g/mol. The largest absolute Gasteiger partial charge is 0.356 e. The number of thioether (sulfide) groups is 1. The van der Waals surface area contributed by atoms with Crippen molar-refractivity contribution in [1.82, 2.24) is 9.55 Å². The Bertz CT molecular complexity index is 596. The summed E-state index contributed by atoms with van der Waals surface area (Å²) in [6.45, 7) is 8.04. The molecule has 0 fully saturated rings. The van der Waals surface area contributed by atoms with Crippen LogP contribution in [0.3, 0.4) is 0 Å². The number of halogens is 1. The maximum Gasteiger partial charge on any atom is 0.170 e. The zero-order valence-electron chi connectivity index (χ0n) is 12.9. The first-order valence-corrected chi connectivity index (χ1v) is 12.4. The van der Waals surface area contributed by atoms with Crippen molar-refractivity contribution in [3.63, 3.8) is 0 Å². The Balaban J connectivity index is 2.11. The van der Waals surface area contributed by atoms with Gasteiger partial charge in [0.2, 0.25) is 0 Å². The van der Waals surface area contributed by atoms with Gasteiger partial charge in [-0.3, -0.25) is 4.57 Å². The van der Waals surface area contributed by atoms with E-state index in [0.717, 1.165) is 9.76 Å². The number of nitrogens with zero attached hydrogens (tertiary/aromatic N) is 2. The third-order valence-corrected chi connectivity index (χ3v) is 6.71. The number of benzene rings is 1. The van der Waals surface area contributed by atoms with Crippen LogP contribution in [0.15, 0.2) is 40.1 Å². The van der Waals surface area contributed by atoms with Gasteiger partial charge in [-0.25, -0.2) is 4.98 Å². The maximum atomic E-state index is 5.85. The molecule has 0 bridgehead atoms. The molecule has 3 nitrogen and oxygen atoms in total. The number of imidazole rings is 1. The first-order chi connectivity index (χ1) is 9.93. The van der Waals surface area contributed by atoms with Gasteiger partial charge in [0.15, 0.2) is 5.16 Å². The average molecular weight is 385 g/mol. The molecule has 0 aliphatic rings. The molecule has 0 radical (unpaired) electrons. The Hall–Kier alpha value is -0.563. The molecule has 0 unspecified atom stereocenters. The molecular formula is C15H21BrN2OSSi. The van der Waals surface area contributed by atoms with Gasteiger partial charge >= 0.3 is 0 Å². The van der Waals surface area contributed by atoms with Gasteiger partial charge in [-0.1, -0.05) is 61.7 Å². The predicted octanol–water partition coefficient (Wildman–Crippen LogP) is 4.09. The summed E-state index contributed by atoms with van der Waals surface area (Å²) in [5.74, 6) is 0. The summed E-state index contributed by atoms with van der Waals surface area (Å²) in [6.07, 6.45) is 2.05. The van der Waals surface area contributed by atoms with E-state index in [-0.39, 0.29) is 0 Å². The molecule has 21 heavy (non-hydrogen) atoms. The topological polar surface area (TPSA) is 27.1 Å². The molecule has 0 atom stereocenters. The number of ether oxygens (including phenoxy) is 1. The lowest BCUT2D eigenvalue weighted by Crippen LogP contribution is -2.39. The van der Waals surface area contributed by atoms with Crippen LogP contribution in [-0.2, 0) is 18.1 Å². The zero-order valence-corrected chi connectivity index (χ0v) is 16.3. The molecule has 0 aliphatic carbocycles. The highest BCUT2D eigenvalue weighted by atomic mass is 79.9. The second-order valence-electron chi connectivity index (χ2n) is 5.88. The van der Waals surface area contributed by atoms with E-state index in [4.69, 9.17) is 9.72 Å². The molecule has 2 rings (SSSR count). The van der Waals surface area contributed by atoms with Crippen LogP contribution in [-0.4, -0.2) is 23.9 Å². The standard InChI is InChI=1S/C15H21BrN2OSSi/c1-20-15-17-14(21(2,3)4)13(16)18(15)11-19-10-12-8-6-5-7-9-12/h5-9H,10-11H2,1-4H3. The molecule has 1 aromatic heterocycles. The van der Waals surface area contributed by atoms with E-state index in [2.05, 4.69) is 58.5 Å². The molecule has 114 valence electrons. The van der Waals surface area contributed by atoms with Crippen LogP contribution < -0.4 is 5.32 Å². The zero-order chi connectivity index (χ0) is 15.5. The van der Waals surface area contributed by atoms with E-state index in [1.807, 2.05) is 18.2 Å². The first kappa shape index (κ1) is 16.8. The van der Waals surface area contributed by atoms with Crippen LogP contribution in [0.25, 0.3) is 0 Å². The maximum absolute atomic E-state index is 5.85. The summed E-state index contributed by atoms with van der Waals surface area (Å²) >= 11 is 5.36. The van der Waals surface area contributed by atoms with Gasteiger partial charge in [-0.2, -0.15) is 0 Å². The summed E-state index contributed by atoms with van der Waals surface area (Å²) < 4.78 is 9.03. The van der Waals surface area contributed by atoms with E-state index >= 15 is 0 Å². The van der Waals surface area contributed by atoms with Crippen molar-refractivity contribution in [1.29, 1.82) is 0 Å². The van der Waals surface area contributed by atoms with E-state index in [9.17, 15) is 0 Å².